The molecule has 2 saturated heterocycles. The van der Waals surface area contributed by atoms with E-state index < -0.39 is 0 Å². The summed E-state index contributed by atoms with van der Waals surface area (Å²) < 4.78 is 0. The van der Waals surface area contributed by atoms with Crippen molar-refractivity contribution in [1.29, 1.82) is 0 Å². The molecule has 2 rings (SSSR count). The predicted octanol–water partition coefficient (Wildman–Crippen LogP) is 2.54. The van der Waals surface area contributed by atoms with Crippen LogP contribution in [0.25, 0.3) is 0 Å². The van der Waals surface area contributed by atoms with Gasteiger partial charge in [0.2, 0.25) is 5.91 Å². The number of likely N-dealkylation sites (tertiary alicyclic amines) is 2. The molecule has 26 heavy (non-hydrogen) atoms. The van der Waals surface area contributed by atoms with Crippen LogP contribution in [-0.2, 0) is 4.79 Å². The van der Waals surface area contributed by atoms with Crippen molar-refractivity contribution in [3.8, 4) is 0 Å². The van der Waals surface area contributed by atoms with Crippen molar-refractivity contribution in [2.24, 2.45) is 5.92 Å². The van der Waals surface area contributed by atoms with Crippen LogP contribution in [0.4, 0.5) is 4.79 Å². The molecule has 0 spiro atoms. The lowest BCUT2D eigenvalue weighted by Crippen LogP contribution is -2.54. The molecular formula is C20H38N4O2. The third-order valence-electron chi connectivity index (χ3n) is 5.50. The molecule has 1 unspecified atom stereocenters. The summed E-state index contributed by atoms with van der Waals surface area (Å²) in [4.78, 5) is 31.6. The maximum absolute atomic E-state index is 12.8. The number of hydrogen-bond acceptors (Lipinski definition) is 3. The molecule has 6 nitrogen and oxygen atoms in total. The lowest BCUT2D eigenvalue weighted by atomic mass is 10.0. The molecule has 2 fully saturated rings. The summed E-state index contributed by atoms with van der Waals surface area (Å²) >= 11 is 0. The second kappa shape index (κ2) is 10.8. The molecule has 0 bridgehead atoms. The van der Waals surface area contributed by atoms with Gasteiger partial charge in [-0.2, -0.15) is 0 Å². The van der Waals surface area contributed by atoms with Gasteiger partial charge in [-0.05, 0) is 58.2 Å². The van der Waals surface area contributed by atoms with Gasteiger partial charge in [0.05, 0.1) is 0 Å². The van der Waals surface area contributed by atoms with Crippen LogP contribution >= 0.6 is 0 Å². The van der Waals surface area contributed by atoms with E-state index in [0.29, 0.717) is 13.1 Å². The van der Waals surface area contributed by atoms with E-state index in [1.54, 1.807) is 0 Å². The van der Waals surface area contributed by atoms with Crippen LogP contribution in [0.2, 0.25) is 0 Å². The van der Waals surface area contributed by atoms with E-state index in [1.165, 1.54) is 25.9 Å². The molecule has 0 aromatic rings. The average Bonchev–Trinajstić information content (AvgIpc) is 3.16. The van der Waals surface area contributed by atoms with Gasteiger partial charge in [-0.25, -0.2) is 4.79 Å². The zero-order valence-electron chi connectivity index (χ0n) is 17.0. The van der Waals surface area contributed by atoms with Gasteiger partial charge in [0.1, 0.15) is 0 Å². The van der Waals surface area contributed by atoms with Gasteiger partial charge in [0, 0.05) is 38.1 Å². The van der Waals surface area contributed by atoms with E-state index >= 15 is 0 Å². The number of carbonyl (C=O) groups excluding carboxylic acids is 2. The van der Waals surface area contributed by atoms with Gasteiger partial charge >= 0.3 is 6.03 Å². The molecule has 2 heterocycles. The van der Waals surface area contributed by atoms with Crippen LogP contribution in [0.1, 0.15) is 59.3 Å². The second-order valence-electron chi connectivity index (χ2n) is 8.06. The molecule has 2 aliphatic heterocycles. The van der Waals surface area contributed by atoms with Gasteiger partial charge < -0.3 is 20.0 Å². The van der Waals surface area contributed by atoms with Gasteiger partial charge in [-0.3, -0.25) is 4.79 Å². The smallest absolute Gasteiger partial charge is 0.317 e. The van der Waals surface area contributed by atoms with Crippen molar-refractivity contribution in [3.63, 3.8) is 0 Å². The maximum atomic E-state index is 12.8. The summed E-state index contributed by atoms with van der Waals surface area (Å²) in [7, 11) is 0. The molecule has 0 aromatic carbocycles. The fourth-order valence-corrected chi connectivity index (χ4v) is 4.01. The summed E-state index contributed by atoms with van der Waals surface area (Å²) in [6.45, 7) is 12.5. The van der Waals surface area contributed by atoms with Gasteiger partial charge in [-0.1, -0.05) is 20.8 Å². The first-order valence-corrected chi connectivity index (χ1v) is 10.6. The minimum absolute atomic E-state index is 0.00563. The van der Waals surface area contributed by atoms with Crippen LogP contribution in [0.3, 0.4) is 0 Å². The monoisotopic (exact) mass is 366 g/mol. The molecule has 3 amide bonds. The lowest BCUT2D eigenvalue weighted by molar-refractivity contribution is -0.138. The number of piperidine rings is 1. The van der Waals surface area contributed by atoms with Crippen molar-refractivity contribution in [2.45, 2.75) is 65.3 Å². The van der Waals surface area contributed by atoms with E-state index in [2.05, 4.69) is 22.0 Å². The highest BCUT2D eigenvalue weighted by Gasteiger charge is 2.31. The highest BCUT2D eigenvalue weighted by molar-refractivity contribution is 5.79. The number of amides is 3. The van der Waals surface area contributed by atoms with Gasteiger partial charge in [-0.15, -0.1) is 0 Å². The Labute approximate surface area is 159 Å². The van der Waals surface area contributed by atoms with Gasteiger partial charge in [0.15, 0.2) is 0 Å². The molecule has 2 aliphatic rings. The summed E-state index contributed by atoms with van der Waals surface area (Å²) in [6, 6.07) is 0.176. The number of nitrogens with zero attached hydrogens (tertiary/aromatic N) is 3. The molecular weight excluding hydrogens is 328 g/mol. The number of carbonyl (C=O) groups is 2. The van der Waals surface area contributed by atoms with Crippen LogP contribution in [0.5, 0.6) is 0 Å². The molecule has 150 valence electrons. The van der Waals surface area contributed by atoms with Crippen LogP contribution in [0, 0.1) is 5.92 Å². The first-order valence-electron chi connectivity index (χ1n) is 10.6. The summed E-state index contributed by atoms with van der Waals surface area (Å²) in [5.41, 5.74) is 0. The van der Waals surface area contributed by atoms with Crippen molar-refractivity contribution in [2.75, 3.05) is 45.8 Å². The zero-order valence-corrected chi connectivity index (χ0v) is 17.0. The average molecular weight is 367 g/mol. The summed E-state index contributed by atoms with van der Waals surface area (Å²) in [5.74, 6) is 0.235. The van der Waals surface area contributed by atoms with Crippen LogP contribution in [-0.4, -0.2) is 78.5 Å². The topological polar surface area (TPSA) is 55.9 Å². The van der Waals surface area contributed by atoms with E-state index in [1.807, 2.05) is 18.7 Å². The number of hydrogen-bond donors (Lipinski definition) is 1. The zero-order chi connectivity index (χ0) is 18.9. The number of rotatable bonds is 8. The summed E-state index contributed by atoms with van der Waals surface area (Å²) in [6.07, 6.45) is 6.55. The third kappa shape index (κ3) is 6.15. The highest BCUT2D eigenvalue weighted by Crippen LogP contribution is 2.19. The Kier molecular flexibility index (Phi) is 8.69. The molecule has 0 aliphatic carbocycles. The van der Waals surface area contributed by atoms with Crippen molar-refractivity contribution in [1.82, 2.24) is 20.0 Å². The normalized spacial score (nSPS) is 21.2. The van der Waals surface area contributed by atoms with Crippen molar-refractivity contribution < 1.29 is 9.59 Å². The van der Waals surface area contributed by atoms with Crippen LogP contribution in [0.15, 0.2) is 0 Å². The Morgan fingerprint density at radius 1 is 1.15 bits per heavy atom. The largest absolute Gasteiger partial charge is 0.338 e. The Morgan fingerprint density at radius 2 is 1.88 bits per heavy atom. The molecule has 0 radical (unpaired) electrons. The predicted molar refractivity (Wildman–Crippen MR) is 105 cm³/mol. The minimum atomic E-state index is 0.00563. The molecule has 0 aromatic heterocycles. The van der Waals surface area contributed by atoms with E-state index in [0.717, 1.165) is 45.3 Å². The molecule has 6 heteroatoms. The number of nitrogens with one attached hydrogen (secondary N) is 1. The molecule has 1 atom stereocenters. The fraction of sp³-hybridized carbons (Fsp3) is 0.900. The number of urea groups is 1. The van der Waals surface area contributed by atoms with E-state index in [4.69, 9.17) is 0 Å². The minimum Gasteiger partial charge on any atom is -0.338 e. The summed E-state index contributed by atoms with van der Waals surface area (Å²) in [5, 5.41) is 2.97. The third-order valence-corrected chi connectivity index (χ3v) is 5.50. The molecule has 1 N–H and O–H groups in total. The van der Waals surface area contributed by atoms with Crippen LogP contribution < -0.4 is 5.32 Å². The standard InChI is InChI=1S/C20H38N4O2/c1-4-10-21-20(26)23-14-7-9-18(16-23)24(19(25)17(2)3)15-8-13-22-11-5-6-12-22/h17-18H,4-16H2,1-3H3,(H,21,26). The van der Waals surface area contributed by atoms with E-state index in [-0.39, 0.29) is 23.9 Å². The molecule has 0 saturated carbocycles. The Hall–Kier alpha value is -1.30. The Bertz CT molecular complexity index is 449. The maximum Gasteiger partial charge on any atom is 0.317 e. The fourth-order valence-electron chi connectivity index (χ4n) is 4.01. The Balaban J connectivity index is 1.92. The highest BCUT2D eigenvalue weighted by atomic mass is 16.2. The first-order chi connectivity index (χ1) is 12.5. The first kappa shape index (κ1) is 21.0. The lowest BCUT2D eigenvalue weighted by Gasteiger charge is -2.40. The second-order valence-corrected chi connectivity index (χ2v) is 8.06. The quantitative estimate of drug-likeness (QED) is 0.718. The van der Waals surface area contributed by atoms with Gasteiger partial charge in [0.25, 0.3) is 0 Å². The van der Waals surface area contributed by atoms with Crippen molar-refractivity contribution in [3.05, 3.63) is 0 Å². The Morgan fingerprint density at radius 3 is 2.54 bits per heavy atom. The SMILES string of the molecule is CCCNC(=O)N1CCCC(N(CCCN2CCCC2)C(=O)C(C)C)C1. The van der Waals surface area contributed by atoms with Crippen molar-refractivity contribution >= 4 is 11.9 Å². The van der Waals surface area contributed by atoms with E-state index in [9.17, 15) is 9.59 Å².